The van der Waals surface area contributed by atoms with Crippen LogP contribution in [0.15, 0.2) is 37.0 Å². The summed E-state index contributed by atoms with van der Waals surface area (Å²) in [6.07, 6.45) is 5.56. The van der Waals surface area contributed by atoms with Gasteiger partial charge in [-0.05, 0) is 12.1 Å². The molecule has 0 saturated carbocycles. The van der Waals surface area contributed by atoms with Crippen LogP contribution >= 0.6 is 0 Å². The summed E-state index contributed by atoms with van der Waals surface area (Å²) in [7, 11) is 0. The van der Waals surface area contributed by atoms with E-state index in [1.807, 2.05) is 12.2 Å². The van der Waals surface area contributed by atoms with E-state index in [9.17, 15) is 0 Å². The Bertz CT molecular complexity index is 134. The monoisotopic (exact) mass is 137 g/mol. The summed E-state index contributed by atoms with van der Waals surface area (Å²) in [5.41, 5.74) is 1.18. The fourth-order valence-corrected chi connectivity index (χ4v) is 0.620. The topological polar surface area (TPSA) is 12.0 Å². The molecule has 0 atom stereocenters. The minimum atomic E-state index is 0.881. The first-order valence-electron chi connectivity index (χ1n) is 3.49. The molecule has 1 N–H and O–H groups in total. The zero-order valence-corrected chi connectivity index (χ0v) is 6.56. The predicted molar refractivity (Wildman–Crippen MR) is 47.0 cm³/mol. The Hall–Kier alpha value is -0.820. The van der Waals surface area contributed by atoms with Gasteiger partial charge in [0.2, 0.25) is 0 Å². The van der Waals surface area contributed by atoms with Gasteiger partial charge in [-0.3, -0.25) is 0 Å². The van der Waals surface area contributed by atoms with E-state index in [2.05, 4.69) is 25.4 Å². The average molecular weight is 137 g/mol. The summed E-state index contributed by atoms with van der Waals surface area (Å²) in [6.45, 7) is 11.2. The molecule has 0 spiro atoms. The van der Waals surface area contributed by atoms with Crippen LogP contribution in [0.25, 0.3) is 0 Å². The van der Waals surface area contributed by atoms with Gasteiger partial charge in [0.25, 0.3) is 0 Å². The Morgan fingerprint density at radius 2 is 2.20 bits per heavy atom. The molecule has 56 valence electrons. The summed E-state index contributed by atoms with van der Waals surface area (Å²) in [5.74, 6) is 0. The van der Waals surface area contributed by atoms with Crippen molar-refractivity contribution in [1.82, 2.24) is 5.32 Å². The molecule has 0 aliphatic carbocycles. The normalized spacial score (nSPS) is 11.1. The van der Waals surface area contributed by atoms with Crippen molar-refractivity contribution in [2.24, 2.45) is 0 Å². The molecule has 0 fully saturated rings. The molecule has 0 amide bonds. The molecule has 0 aromatic rings. The van der Waals surface area contributed by atoms with Gasteiger partial charge in [-0.2, -0.15) is 0 Å². The molecule has 0 unspecified atom stereocenters. The maximum absolute atomic E-state index is 3.68. The molecule has 0 saturated heterocycles. The van der Waals surface area contributed by atoms with Crippen molar-refractivity contribution in [2.75, 3.05) is 13.1 Å². The SMILES string of the molecule is C=C/C=C(\C=C)CNCC. The van der Waals surface area contributed by atoms with E-state index in [0.29, 0.717) is 0 Å². The molecule has 0 aromatic carbocycles. The van der Waals surface area contributed by atoms with Crippen LogP contribution in [0.1, 0.15) is 6.92 Å². The van der Waals surface area contributed by atoms with Gasteiger partial charge in [0.1, 0.15) is 0 Å². The van der Waals surface area contributed by atoms with Crippen LogP contribution in [0.2, 0.25) is 0 Å². The van der Waals surface area contributed by atoms with Crippen molar-refractivity contribution >= 4 is 0 Å². The smallest absolute Gasteiger partial charge is 0.0205 e. The summed E-state index contributed by atoms with van der Waals surface area (Å²) >= 11 is 0. The van der Waals surface area contributed by atoms with Gasteiger partial charge >= 0.3 is 0 Å². The van der Waals surface area contributed by atoms with Crippen LogP contribution in [-0.2, 0) is 0 Å². The number of nitrogens with one attached hydrogen (secondary N) is 1. The van der Waals surface area contributed by atoms with E-state index in [4.69, 9.17) is 0 Å². The molecule has 0 radical (unpaired) electrons. The van der Waals surface area contributed by atoms with Crippen molar-refractivity contribution in [3.63, 3.8) is 0 Å². The number of hydrogen-bond donors (Lipinski definition) is 1. The standard InChI is InChI=1S/C9H15N/c1-4-7-9(5-2)8-10-6-3/h4-5,7,10H,1-2,6,8H2,3H3/b9-7+. The van der Waals surface area contributed by atoms with Crippen molar-refractivity contribution in [3.05, 3.63) is 37.0 Å². The summed E-state index contributed by atoms with van der Waals surface area (Å²) in [6, 6.07) is 0. The maximum atomic E-state index is 3.68. The van der Waals surface area contributed by atoms with Crippen LogP contribution in [0.5, 0.6) is 0 Å². The minimum absolute atomic E-state index is 0.881. The molecule has 0 bridgehead atoms. The highest BCUT2D eigenvalue weighted by molar-refractivity contribution is 5.22. The first kappa shape index (κ1) is 9.18. The average Bonchev–Trinajstić information content (AvgIpc) is 1.98. The molecule has 10 heavy (non-hydrogen) atoms. The number of rotatable bonds is 5. The molecular formula is C9H15N. The van der Waals surface area contributed by atoms with Gasteiger partial charge in [0, 0.05) is 6.54 Å². The zero-order valence-electron chi connectivity index (χ0n) is 6.56. The Morgan fingerprint density at radius 1 is 1.50 bits per heavy atom. The summed E-state index contributed by atoms with van der Waals surface area (Å²) in [4.78, 5) is 0. The second-order valence-electron chi connectivity index (χ2n) is 1.96. The van der Waals surface area contributed by atoms with Gasteiger partial charge in [-0.25, -0.2) is 0 Å². The molecule has 0 aliphatic heterocycles. The number of likely N-dealkylation sites (N-methyl/N-ethyl adjacent to an activating group) is 1. The van der Waals surface area contributed by atoms with Crippen molar-refractivity contribution < 1.29 is 0 Å². The largest absolute Gasteiger partial charge is 0.313 e. The van der Waals surface area contributed by atoms with Gasteiger partial charge in [-0.15, -0.1) is 0 Å². The van der Waals surface area contributed by atoms with Crippen LogP contribution in [0, 0.1) is 0 Å². The highest BCUT2D eigenvalue weighted by atomic mass is 14.8. The van der Waals surface area contributed by atoms with E-state index in [1.54, 1.807) is 6.08 Å². The highest BCUT2D eigenvalue weighted by Crippen LogP contribution is 1.92. The van der Waals surface area contributed by atoms with Gasteiger partial charge < -0.3 is 5.32 Å². The fourth-order valence-electron chi connectivity index (χ4n) is 0.620. The van der Waals surface area contributed by atoms with Crippen LogP contribution in [-0.4, -0.2) is 13.1 Å². The molecule has 0 aliphatic rings. The van der Waals surface area contributed by atoms with Gasteiger partial charge in [-0.1, -0.05) is 38.3 Å². The lowest BCUT2D eigenvalue weighted by molar-refractivity contribution is 0.785. The van der Waals surface area contributed by atoms with E-state index >= 15 is 0 Å². The molecule has 0 rings (SSSR count). The molecule has 0 aromatic heterocycles. The van der Waals surface area contributed by atoms with E-state index in [1.165, 1.54) is 5.57 Å². The van der Waals surface area contributed by atoms with Crippen LogP contribution in [0.4, 0.5) is 0 Å². The quantitative estimate of drug-likeness (QED) is 0.571. The molecule has 1 nitrogen and oxygen atoms in total. The third-order valence-corrected chi connectivity index (χ3v) is 1.17. The van der Waals surface area contributed by atoms with Crippen molar-refractivity contribution in [1.29, 1.82) is 0 Å². The summed E-state index contributed by atoms with van der Waals surface area (Å²) in [5, 5.41) is 3.20. The third kappa shape index (κ3) is 4.10. The van der Waals surface area contributed by atoms with Crippen molar-refractivity contribution in [2.45, 2.75) is 6.92 Å². The second-order valence-corrected chi connectivity index (χ2v) is 1.96. The van der Waals surface area contributed by atoms with Gasteiger partial charge in [0.05, 0.1) is 0 Å². The van der Waals surface area contributed by atoms with E-state index in [-0.39, 0.29) is 0 Å². The lowest BCUT2D eigenvalue weighted by Gasteiger charge is -1.99. The van der Waals surface area contributed by atoms with Gasteiger partial charge in [0.15, 0.2) is 0 Å². The minimum Gasteiger partial charge on any atom is -0.313 e. The lowest BCUT2D eigenvalue weighted by Crippen LogP contribution is -2.14. The second kappa shape index (κ2) is 6.30. The first-order chi connectivity index (χ1) is 4.85. The van der Waals surface area contributed by atoms with E-state index < -0.39 is 0 Å². The van der Waals surface area contributed by atoms with Crippen molar-refractivity contribution in [3.8, 4) is 0 Å². The predicted octanol–water partition coefficient (Wildman–Crippen LogP) is 1.89. The zero-order chi connectivity index (χ0) is 7.82. The third-order valence-electron chi connectivity index (χ3n) is 1.17. The summed E-state index contributed by atoms with van der Waals surface area (Å²) < 4.78 is 0. The molecule has 1 heteroatoms. The Kier molecular flexibility index (Phi) is 5.79. The maximum Gasteiger partial charge on any atom is 0.0205 e. The Morgan fingerprint density at radius 3 is 2.60 bits per heavy atom. The van der Waals surface area contributed by atoms with Crippen LogP contribution in [0.3, 0.4) is 0 Å². The molecule has 0 heterocycles. The number of hydrogen-bond acceptors (Lipinski definition) is 1. The number of allylic oxidation sites excluding steroid dienone is 2. The lowest BCUT2D eigenvalue weighted by atomic mass is 10.2. The first-order valence-corrected chi connectivity index (χ1v) is 3.49. The molecular weight excluding hydrogens is 122 g/mol. The van der Waals surface area contributed by atoms with Crippen LogP contribution < -0.4 is 5.32 Å². The Labute approximate surface area is 63.1 Å². The fraction of sp³-hybridized carbons (Fsp3) is 0.333. The Balaban J connectivity index is 3.70. The van der Waals surface area contributed by atoms with E-state index in [0.717, 1.165) is 13.1 Å². The highest BCUT2D eigenvalue weighted by Gasteiger charge is 1.85.